The van der Waals surface area contributed by atoms with Crippen LogP contribution >= 0.6 is 0 Å². The van der Waals surface area contributed by atoms with Crippen molar-refractivity contribution in [2.75, 3.05) is 5.32 Å². The highest BCUT2D eigenvalue weighted by atomic mass is 16.1. The number of carbonyl (C=O) groups excluding carboxylic acids is 1. The van der Waals surface area contributed by atoms with E-state index in [4.69, 9.17) is 5.26 Å². The van der Waals surface area contributed by atoms with Crippen molar-refractivity contribution >= 4 is 22.4 Å². The molecule has 2 aromatic carbocycles. The molecule has 1 aliphatic heterocycles. The Bertz CT molecular complexity index is 638. The smallest absolute Gasteiger partial charge is 0.256 e. The van der Waals surface area contributed by atoms with E-state index < -0.39 is 0 Å². The van der Waals surface area contributed by atoms with Crippen LogP contribution in [0.4, 0.5) is 5.69 Å². The fourth-order valence-corrected chi connectivity index (χ4v) is 1.97. The molecule has 2 aromatic rings. The van der Waals surface area contributed by atoms with Gasteiger partial charge >= 0.3 is 0 Å². The first-order valence-electron chi connectivity index (χ1n) is 4.58. The Morgan fingerprint density at radius 2 is 2.13 bits per heavy atom. The number of anilines is 1. The molecule has 0 saturated carbocycles. The van der Waals surface area contributed by atoms with Crippen LogP contribution in [-0.2, 0) is 0 Å². The average molecular weight is 194 g/mol. The lowest BCUT2D eigenvalue weighted by Gasteiger charge is -1.99. The molecule has 0 saturated heterocycles. The highest BCUT2D eigenvalue weighted by Gasteiger charge is 2.21. The molecule has 1 aliphatic rings. The van der Waals surface area contributed by atoms with E-state index in [9.17, 15) is 4.79 Å². The fourth-order valence-electron chi connectivity index (χ4n) is 1.97. The predicted molar refractivity (Wildman–Crippen MR) is 56.6 cm³/mol. The number of rotatable bonds is 0. The summed E-state index contributed by atoms with van der Waals surface area (Å²) in [6.07, 6.45) is 0. The molecule has 3 nitrogen and oxygen atoms in total. The second-order valence-electron chi connectivity index (χ2n) is 3.49. The number of carbonyl (C=O) groups is 1. The lowest BCUT2D eigenvalue weighted by atomic mass is 10.0. The van der Waals surface area contributed by atoms with Crippen LogP contribution in [0.2, 0.25) is 0 Å². The van der Waals surface area contributed by atoms with E-state index >= 15 is 0 Å². The third-order valence-corrected chi connectivity index (χ3v) is 2.60. The first kappa shape index (κ1) is 8.01. The quantitative estimate of drug-likeness (QED) is 0.699. The molecule has 0 unspecified atom stereocenters. The van der Waals surface area contributed by atoms with Gasteiger partial charge in [-0.15, -0.1) is 0 Å². The van der Waals surface area contributed by atoms with E-state index in [1.165, 1.54) is 0 Å². The van der Waals surface area contributed by atoms with Crippen LogP contribution in [0.1, 0.15) is 15.9 Å². The minimum absolute atomic E-state index is 0.127. The van der Waals surface area contributed by atoms with Crippen molar-refractivity contribution in [2.24, 2.45) is 0 Å². The van der Waals surface area contributed by atoms with Crippen LogP contribution in [0.25, 0.3) is 10.8 Å². The molecule has 15 heavy (non-hydrogen) atoms. The Labute approximate surface area is 85.9 Å². The van der Waals surface area contributed by atoms with Crippen LogP contribution in [0, 0.1) is 11.3 Å². The van der Waals surface area contributed by atoms with Crippen LogP contribution in [-0.4, -0.2) is 5.91 Å². The summed E-state index contributed by atoms with van der Waals surface area (Å²) in [5.74, 6) is -0.127. The molecule has 3 rings (SSSR count). The molecule has 70 valence electrons. The molecule has 0 radical (unpaired) electrons. The first-order chi connectivity index (χ1) is 7.29. The molecule has 1 N–H and O–H groups in total. The van der Waals surface area contributed by atoms with Gasteiger partial charge < -0.3 is 5.32 Å². The summed E-state index contributed by atoms with van der Waals surface area (Å²) < 4.78 is 0. The third-order valence-electron chi connectivity index (χ3n) is 2.60. The van der Waals surface area contributed by atoms with Gasteiger partial charge in [0.1, 0.15) is 0 Å². The molecular weight excluding hydrogens is 188 g/mol. The first-order valence-corrected chi connectivity index (χ1v) is 4.58. The van der Waals surface area contributed by atoms with Gasteiger partial charge in [-0.2, -0.15) is 5.26 Å². The van der Waals surface area contributed by atoms with Gasteiger partial charge in [0, 0.05) is 11.1 Å². The van der Waals surface area contributed by atoms with Gasteiger partial charge in [0.15, 0.2) is 0 Å². The SMILES string of the molecule is N#Cc1cc2c3c(cccc3c1)NC2=O. The Balaban J connectivity index is 2.52. The summed E-state index contributed by atoms with van der Waals surface area (Å²) in [7, 11) is 0. The number of hydrogen-bond acceptors (Lipinski definition) is 2. The average Bonchev–Trinajstić information content (AvgIpc) is 2.58. The maximum atomic E-state index is 11.6. The molecule has 0 spiro atoms. The van der Waals surface area contributed by atoms with E-state index in [0.717, 1.165) is 16.5 Å². The minimum atomic E-state index is -0.127. The maximum Gasteiger partial charge on any atom is 0.256 e. The second kappa shape index (κ2) is 2.58. The molecule has 0 atom stereocenters. The summed E-state index contributed by atoms with van der Waals surface area (Å²) in [6, 6.07) is 11.1. The molecule has 1 amide bonds. The van der Waals surface area contributed by atoms with Crippen molar-refractivity contribution in [1.82, 2.24) is 0 Å². The van der Waals surface area contributed by atoms with Crippen molar-refractivity contribution in [3.05, 3.63) is 41.5 Å². The Morgan fingerprint density at radius 1 is 1.27 bits per heavy atom. The van der Waals surface area contributed by atoms with Crippen LogP contribution in [0.3, 0.4) is 0 Å². The Morgan fingerprint density at radius 3 is 2.93 bits per heavy atom. The predicted octanol–water partition coefficient (Wildman–Crippen LogP) is 2.28. The number of amides is 1. The van der Waals surface area contributed by atoms with Gasteiger partial charge in [0.2, 0.25) is 0 Å². The van der Waals surface area contributed by atoms with Crippen molar-refractivity contribution in [1.29, 1.82) is 5.26 Å². The number of nitrogens with zero attached hydrogens (tertiary/aromatic N) is 1. The van der Waals surface area contributed by atoms with Gasteiger partial charge in [-0.05, 0) is 23.6 Å². The van der Waals surface area contributed by atoms with Crippen LogP contribution in [0.5, 0.6) is 0 Å². The summed E-state index contributed by atoms with van der Waals surface area (Å²) in [6.45, 7) is 0. The van der Waals surface area contributed by atoms with Crippen LogP contribution in [0.15, 0.2) is 30.3 Å². The lowest BCUT2D eigenvalue weighted by molar-refractivity contribution is 0.103. The monoisotopic (exact) mass is 194 g/mol. The summed E-state index contributed by atoms with van der Waals surface area (Å²) in [5, 5.41) is 13.5. The van der Waals surface area contributed by atoms with Gasteiger partial charge in [-0.25, -0.2) is 0 Å². The van der Waals surface area contributed by atoms with Gasteiger partial charge in [0.25, 0.3) is 5.91 Å². The second-order valence-corrected chi connectivity index (χ2v) is 3.49. The number of hydrogen-bond donors (Lipinski definition) is 1. The topological polar surface area (TPSA) is 52.9 Å². The van der Waals surface area contributed by atoms with E-state index in [0.29, 0.717) is 11.1 Å². The van der Waals surface area contributed by atoms with Crippen molar-refractivity contribution in [2.45, 2.75) is 0 Å². The highest BCUT2D eigenvalue weighted by molar-refractivity contribution is 6.24. The highest BCUT2D eigenvalue weighted by Crippen LogP contribution is 2.33. The number of benzene rings is 2. The van der Waals surface area contributed by atoms with Crippen molar-refractivity contribution < 1.29 is 4.79 Å². The summed E-state index contributed by atoms with van der Waals surface area (Å²) in [4.78, 5) is 11.6. The fraction of sp³-hybridized carbons (Fsp3) is 0. The summed E-state index contributed by atoms with van der Waals surface area (Å²) >= 11 is 0. The third kappa shape index (κ3) is 0.960. The molecule has 1 heterocycles. The van der Waals surface area contributed by atoms with E-state index in [-0.39, 0.29) is 5.91 Å². The maximum absolute atomic E-state index is 11.6. The van der Waals surface area contributed by atoms with Gasteiger partial charge in [-0.1, -0.05) is 12.1 Å². The van der Waals surface area contributed by atoms with E-state index in [1.807, 2.05) is 18.2 Å². The molecule has 0 aromatic heterocycles. The zero-order chi connectivity index (χ0) is 10.4. The Hall–Kier alpha value is -2.34. The largest absolute Gasteiger partial charge is 0.321 e. The standard InChI is InChI=1S/C12H6N2O/c13-6-7-4-8-2-1-3-10-11(8)9(5-7)12(15)14-10/h1-5H,(H,14,15). The molecule has 3 heteroatoms. The van der Waals surface area contributed by atoms with Gasteiger partial charge in [0.05, 0.1) is 17.2 Å². The summed E-state index contributed by atoms with van der Waals surface area (Å²) in [5.41, 5.74) is 1.95. The van der Waals surface area contributed by atoms with Crippen molar-refractivity contribution in [3.8, 4) is 6.07 Å². The number of nitriles is 1. The molecular formula is C12H6N2O. The normalized spacial score (nSPS) is 12.6. The van der Waals surface area contributed by atoms with Gasteiger partial charge in [-0.3, -0.25) is 4.79 Å². The zero-order valence-corrected chi connectivity index (χ0v) is 7.74. The lowest BCUT2D eigenvalue weighted by Crippen LogP contribution is -2.04. The Kier molecular flexibility index (Phi) is 1.38. The van der Waals surface area contributed by atoms with E-state index in [2.05, 4.69) is 11.4 Å². The van der Waals surface area contributed by atoms with Crippen molar-refractivity contribution in [3.63, 3.8) is 0 Å². The van der Waals surface area contributed by atoms with Crippen LogP contribution < -0.4 is 5.32 Å². The molecule has 0 fully saturated rings. The molecule has 0 aliphatic carbocycles. The zero-order valence-electron chi connectivity index (χ0n) is 7.74. The number of nitrogens with one attached hydrogen (secondary N) is 1. The minimum Gasteiger partial charge on any atom is -0.321 e. The van der Waals surface area contributed by atoms with E-state index in [1.54, 1.807) is 12.1 Å². The molecule has 0 bridgehead atoms.